The minimum absolute atomic E-state index is 0.0598. The summed E-state index contributed by atoms with van der Waals surface area (Å²) >= 11 is 12.2. The monoisotopic (exact) mass is 486 g/mol. The third kappa shape index (κ3) is 4.49. The molecule has 0 atom stereocenters. The van der Waals surface area contributed by atoms with Crippen molar-refractivity contribution in [3.8, 4) is 28.3 Å². The van der Waals surface area contributed by atoms with Crippen LogP contribution in [0.4, 0.5) is 8.78 Å². The van der Waals surface area contributed by atoms with Gasteiger partial charge in [-0.15, -0.1) is 0 Å². The van der Waals surface area contributed by atoms with E-state index in [2.05, 4.69) is 4.98 Å². The summed E-state index contributed by atoms with van der Waals surface area (Å²) in [5.41, 5.74) is 2.15. The summed E-state index contributed by atoms with van der Waals surface area (Å²) in [7, 11) is 0. The van der Waals surface area contributed by atoms with Gasteiger partial charge in [0.2, 0.25) is 0 Å². The fraction of sp³-hybridized carbons (Fsp3) is 0.120. The summed E-state index contributed by atoms with van der Waals surface area (Å²) in [5, 5.41) is 0.134. The lowest BCUT2D eigenvalue weighted by Crippen LogP contribution is -2.08. The van der Waals surface area contributed by atoms with E-state index in [1.54, 1.807) is 13.0 Å². The zero-order chi connectivity index (χ0) is 23.7. The van der Waals surface area contributed by atoms with Gasteiger partial charge in [0.15, 0.2) is 5.69 Å². The predicted molar refractivity (Wildman–Crippen MR) is 125 cm³/mol. The maximum atomic E-state index is 15.1. The minimum atomic E-state index is -0.706. The molecule has 1 aromatic heterocycles. The molecule has 0 aliphatic heterocycles. The third-order valence-corrected chi connectivity index (χ3v) is 5.49. The second kappa shape index (κ2) is 9.33. The number of carbonyl (C=O) groups is 1. The molecule has 168 valence electrons. The van der Waals surface area contributed by atoms with Crippen LogP contribution in [-0.2, 0) is 4.74 Å². The van der Waals surface area contributed by atoms with Gasteiger partial charge in [-0.05, 0) is 56.3 Å². The molecule has 0 spiro atoms. The van der Waals surface area contributed by atoms with Crippen molar-refractivity contribution in [2.75, 3.05) is 6.61 Å². The highest BCUT2D eigenvalue weighted by Gasteiger charge is 2.28. The Morgan fingerprint density at radius 1 is 1.00 bits per heavy atom. The summed E-state index contributed by atoms with van der Waals surface area (Å²) in [5.74, 6) is -1.63. The Morgan fingerprint density at radius 2 is 1.76 bits per heavy atom. The number of rotatable bonds is 5. The molecule has 0 bridgehead atoms. The molecule has 1 heterocycles. The highest BCUT2D eigenvalue weighted by molar-refractivity contribution is 6.31. The fourth-order valence-electron chi connectivity index (χ4n) is 3.54. The number of hydrogen-bond acceptors (Lipinski definition) is 3. The molecule has 3 aromatic carbocycles. The molecule has 4 aromatic rings. The van der Waals surface area contributed by atoms with Crippen LogP contribution in [0, 0.1) is 18.6 Å². The van der Waals surface area contributed by atoms with Crippen molar-refractivity contribution in [3.05, 3.63) is 93.6 Å². The molecule has 0 fully saturated rings. The van der Waals surface area contributed by atoms with E-state index in [1.807, 2.05) is 25.1 Å². The first-order valence-electron chi connectivity index (χ1n) is 10.1. The molecule has 0 saturated heterocycles. The van der Waals surface area contributed by atoms with Crippen LogP contribution in [0.5, 0.6) is 0 Å². The van der Waals surface area contributed by atoms with Gasteiger partial charge < -0.3 is 4.74 Å². The molecule has 4 rings (SSSR count). The van der Waals surface area contributed by atoms with Crippen LogP contribution < -0.4 is 0 Å². The lowest BCUT2D eigenvalue weighted by atomic mass is 10.1. The summed E-state index contributed by atoms with van der Waals surface area (Å²) in [6.45, 7) is 3.69. The number of imidazole rings is 1. The molecule has 0 amide bonds. The van der Waals surface area contributed by atoms with E-state index in [9.17, 15) is 9.18 Å². The van der Waals surface area contributed by atoms with E-state index in [1.165, 1.54) is 41.0 Å². The van der Waals surface area contributed by atoms with Crippen LogP contribution >= 0.6 is 23.2 Å². The quantitative estimate of drug-likeness (QED) is 0.278. The van der Waals surface area contributed by atoms with E-state index in [0.717, 1.165) is 5.56 Å². The molecule has 8 heteroatoms. The summed E-state index contributed by atoms with van der Waals surface area (Å²) in [6, 6.07) is 15.4. The standard InChI is InChI=1S/C25H18Cl2F2N2O2/c1-3-33-25(32)22-23(15-7-9-19(28)18(27)12-15)31(21-13-17(26)8-10-20(21)29)24(30-22)16-6-4-5-14(2)11-16/h4-13H,3H2,1-2H3. The number of halogens is 4. The molecular weight excluding hydrogens is 469 g/mol. The molecule has 0 saturated carbocycles. The van der Waals surface area contributed by atoms with Crippen LogP contribution in [0.1, 0.15) is 23.0 Å². The van der Waals surface area contributed by atoms with Crippen molar-refractivity contribution in [2.24, 2.45) is 0 Å². The van der Waals surface area contributed by atoms with Crippen molar-refractivity contribution in [3.63, 3.8) is 0 Å². The summed E-state index contributed by atoms with van der Waals surface area (Å²) < 4.78 is 35.7. The van der Waals surface area contributed by atoms with Crippen molar-refractivity contribution in [1.82, 2.24) is 9.55 Å². The Hall–Kier alpha value is -3.22. The predicted octanol–water partition coefficient (Wildman–Crippen LogP) is 7.28. The van der Waals surface area contributed by atoms with Gasteiger partial charge in [-0.2, -0.15) is 0 Å². The third-order valence-electron chi connectivity index (χ3n) is 4.96. The molecular formula is C25H18Cl2F2N2O2. The van der Waals surface area contributed by atoms with Crippen molar-refractivity contribution >= 4 is 29.2 Å². The van der Waals surface area contributed by atoms with Crippen molar-refractivity contribution in [2.45, 2.75) is 13.8 Å². The maximum absolute atomic E-state index is 15.1. The largest absolute Gasteiger partial charge is 0.461 e. The average Bonchev–Trinajstić information content (AvgIpc) is 3.18. The van der Waals surface area contributed by atoms with Gasteiger partial charge in [-0.1, -0.05) is 47.0 Å². The highest BCUT2D eigenvalue weighted by atomic mass is 35.5. The topological polar surface area (TPSA) is 44.1 Å². The van der Waals surface area contributed by atoms with Gasteiger partial charge in [0.05, 0.1) is 23.0 Å². The number of nitrogens with zero attached hydrogens (tertiary/aromatic N) is 2. The Balaban J connectivity index is 2.14. The van der Waals surface area contributed by atoms with E-state index in [4.69, 9.17) is 27.9 Å². The normalized spacial score (nSPS) is 11.0. The number of aryl methyl sites for hydroxylation is 1. The van der Waals surface area contributed by atoms with Gasteiger partial charge in [0, 0.05) is 16.1 Å². The number of carbonyl (C=O) groups excluding carboxylic acids is 1. The van der Waals surface area contributed by atoms with E-state index in [0.29, 0.717) is 17.0 Å². The van der Waals surface area contributed by atoms with Crippen molar-refractivity contribution in [1.29, 1.82) is 0 Å². The van der Waals surface area contributed by atoms with Gasteiger partial charge in [0.25, 0.3) is 0 Å². The SMILES string of the molecule is CCOC(=O)c1nc(-c2cccc(C)c2)n(-c2cc(Cl)ccc2F)c1-c1ccc(F)c(Cl)c1. The maximum Gasteiger partial charge on any atom is 0.359 e. The van der Waals surface area contributed by atoms with Gasteiger partial charge in [-0.25, -0.2) is 18.6 Å². The van der Waals surface area contributed by atoms with Crippen molar-refractivity contribution < 1.29 is 18.3 Å². The number of hydrogen-bond donors (Lipinski definition) is 0. The number of esters is 1. The molecule has 0 N–H and O–H groups in total. The Labute approximate surface area is 199 Å². The molecule has 0 unspecified atom stereocenters. The molecule has 0 aliphatic carbocycles. The number of ether oxygens (including phenoxy) is 1. The van der Waals surface area contributed by atoms with E-state index >= 15 is 4.39 Å². The summed E-state index contributed by atoms with van der Waals surface area (Å²) in [6.07, 6.45) is 0. The molecule has 33 heavy (non-hydrogen) atoms. The summed E-state index contributed by atoms with van der Waals surface area (Å²) in [4.78, 5) is 17.5. The number of aromatic nitrogens is 2. The Morgan fingerprint density at radius 3 is 2.45 bits per heavy atom. The van der Waals surface area contributed by atoms with Crippen LogP contribution in [0.3, 0.4) is 0 Å². The fourth-order valence-corrected chi connectivity index (χ4v) is 3.89. The first-order valence-corrected chi connectivity index (χ1v) is 10.8. The van der Waals surface area contributed by atoms with Crippen LogP contribution in [-0.4, -0.2) is 22.1 Å². The molecule has 4 nitrogen and oxygen atoms in total. The smallest absolute Gasteiger partial charge is 0.359 e. The second-order valence-electron chi connectivity index (χ2n) is 7.28. The second-order valence-corrected chi connectivity index (χ2v) is 8.13. The number of benzene rings is 3. The average molecular weight is 487 g/mol. The van der Waals surface area contributed by atoms with Crippen LogP contribution in [0.15, 0.2) is 60.7 Å². The van der Waals surface area contributed by atoms with Crippen LogP contribution in [0.2, 0.25) is 10.0 Å². The van der Waals surface area contributed by atoms with Gasteiger partial charge >= 0.3 is 5.97 Å². The lowest BCUT2D eigenvalue weighted by molar-refractivity contribution is 0.0521. The lowest BCUT2D eigenvalue weighted by Gasteiger charge is -2.15. The van der Waals surface area contributed by atoms with Gasteiger partial charge in [-0.3, -0.25) is 4.57 Å². The van der Waals surface area contributed by atoms with Gasteiger partial charge in [0.1, 0.15) is 17.5 Å². The minimum Gasteiger partial charge on any atom is -0.461 e. The first kappa shape index (κ1) is 23.0. The first-order chi connectivity index (χ1) is 15.8. The van der Waals surface area contributed by atoms with E-state index in [-0.39, 0.29) is 33.7 Å². The van der Waals surface area contributed by atoms with E-state index < -0.39 is 17.6 Å². The molecule has 0 radical (unpaired) electrons. The Kier molecular flexibility index (Phi) is 6.49. The highest BCUT2D eigenvalue weighted by Crippen LogP contribution is 2.37. The van der Waals surface area contributed by atoms with Crippen LogP contribution in [0.25, 0.3) is 28.3 Å². The zero-order valence-electron chi connectivity index (χ0n) is 17.7. The zero-order valence-corrected chi connectivity index (χ0v) is 19.2. The molecule has 0 aliphatic rings. The Bertz CT molecular complexity index is 1370.